The molecule has 0 unspecified atom stereocenters. The number of fused-ring (bicyclic) bond motifs is 1. The Bertz CT molecular complexity index is 1290. The first kappa shape index (κ1) is 20.6. The molecule has 0 saturated heterocycles. The van der Waals surface area contributed by atoms with E-state index in [9.17, 15) is 14.0 Å². The van der Waals surface area contributed by atoms with Crippen LogP contribution in [0.1, 0.15) is 27.0 Å². The molecular weight excluding hydrogens is 413 g/mol. The average Bonchev–Trinajstić information content (AvgIpc) is 2.78. The van der Waals surface area contributed by atoms with Gasteiger partial charge in [0.2, 0.25) is 5.78 Å². The molecule has 0 spiro atoms. The molecule has 3 aromatic carbocycles. The van der Waals surface area contributed by atoms with E-state index >= 15 is 0 Å². The number of nitrogens with zero attached hydrogens (tertiary/aromatic N) is 1. The van der Waals surface area contributed by atoms with Crippen LogP contribution in [0.15, 0.2) is 72.3 Å². The van der Waals surface area contributed by atoms with Crippen LogP contribution in [-0.2, 0) is 11.2 Å². The summed E-state index contributed by atoms with van der Waals surface area (Å²) in [5.41, 5.74) is 3.18. The molecule has 31 heavy (non-hydrogen) atoms. The van der Waals surface area contributed by atoms with E-state index in [1.165, 1.54) is 29.2 Å². The fraction of sp³-hybridized carbons (Fsp3) is 0.0769. The molecule has 3 aromatic rings. The van der Waals surface area contributed by atoms with Crippen molar-refractivity contribution in [2.24, 2.45) is 0 Å². The molecule has 152 valence electrons. The summed E-state index contributed by atoms with van der Waals surface area (Å²) in [6, 6.07) is 19.2. The monoisotopic (exact) mass is 429 g/mol. The summed E-state index contributed by atoms with van der Waals surface area (Å²) in [4.78, 5) is 27.3. The second-order valence-electron chi connectivity index (χ2n) is 7.12. The molecular formula is C26H17ClFNO2. The van der Waals surface area contributed by atoms with E-state index in [1.807, 2.05) is 30.3 Å². The van der Waals surface area contributed by atoms with E-state index in [0.29, 0.717) is 28.8 Å². The molecule has 0 saturated carbocycles. The van der Waals surface area contributed by atoms with Gasteiger partial charge in [-0.2, -0.15) is 0 Å². The lowest BCUT2D eigenvalue weighted by atomic mass is 9.92. The number of carbonyl (C=O) groups is 2. The van der Waals surface area contributed by atoms with Crippen molar-refractivity contribution in [2.75, 3.05) is 11.9 Å². The van der Waals surface area contributed by atoms with Crippen LogP contribution in [-0.4, -0.2) is 18.7 Å². The largest absolute Gasteiger partial charge is 0.311 e. The lowest BCUT2D eigenvalue weighted by molar-refractivity contribution is -0.114. The van der Waals surface area contributed by atoms with Gasteiger partial charge in [0, 0.05) is 24.6 Å². The van der Waals surface area contributed by atoms with Crippen LogP contribution >= 0.6 is 11.6 Å². The van der Waals surface area contributed by atoms with E-state index in [-0.39, 0.29) is 10.6 Å². The van der Waals surface area contributed by atoms with Crippen LogP contribution in [0, 0.1) is 17.7 Å². The van der Waals surface area contributed by atoms with Crippen molar-refractivity contribution in [2.45, 2.75) is 6.42 Å². The van der Waals surface area contributed by atoms with Gasteiger partial charge in [-0.3, -0.25) is 9.59 Å². The Kier molecular flexibility index (Phi) is 5.70. The van der Waals surface area contributed by atoms with E-state index < -0.39 is 17.5 Å². The van der Waals surface area contributed by atoms with Gasteiger partial charge in [-0.15, -0.1) is 0 Å². The van der Waals surface area contributed by atoms with Crippen molar-refractivity contribution < 1.29 is 14.0 Å². The average molecular weight is 430 g/mol. The predicted molar refractivity (Wildman–Crippen MR) is 121 cm³/mol. The summed E-state index contributed by atoms with van der Waals surface area (Å²) in [7, 11) is 1.61. The first-order valence-electron chi connectivity index (χ1n) is 9.60. The fourth-order valence-corrected chi connectivity index (χ4v) is 3.55. The molecule has 0 fully saturated rings. The van der Waals surface area contributed by atoms with Gasteiger partial charge < -0.3 is 4.90 Å². The van der Waals surface area contributed by atoms with E-state index in [2.05, 4.69) is 11.8 Å². The SMILES string of the molecule is CN1C(=O)/C(=C\c2ccc(F)c(Cl)c2)C(=O)c2cc(C#CCc3ccccc3)ccc21. The van der Waals surface area contributed by atoms with Crippen LogP contribution < -0.4 is 4.90 Å². The highest BCUT2D eigenvalue weighted by Gasteiger charge is 2.32. The Hall–Kier alpha value is -3.68. The molecule has 0 bridgehead atoms. The minimum Gasteiger partial charge on any atom is -0.311 e. The molecule has 0 N–H and O–H groups in total. The Balaban J connectivity index is 1.67. The maximum absolute atomic E-state index is 13.4. The van der Waals surface area contributed by atoms with Gasteiger partial charge in [0.15, 0.2) is 0 Å². The molecule has 1 heterocycles. The van der Waals surface area contributed by atoms with Crippen molar-refractivity contribution in [1.82, 2.24) is 0 Å². The number of hydrogen-bond donors (Lipinski definition) is 0. The zero-order valence-corrected chi connectivity index (χ0v) is 17.4. The summed E-state index contributed by atoms with van der Waals surface area (Å²) >= 11 is 5.83. The van der Waals surface area contributed by atoms with Crippen LogP contribution in [0.25, 0.3) is 6.08 Å². The number of anilines is 1. The minimum absolute atomic E-state index is 0.00734. The highest BCUT2D eigenvalue weighted by atomic mass is 35.5. The molecule has 0 aromatic heterocycles. The molecule has 1 aliphatic rings. The Morgan fingerprint density at radius 1 is 1.03 bits per heavy atom. The third kappa shape index (κ3) is 4.28. The lowest BCUT2D eigenvalue weighted by Gasteiger charge is -2.26. The lowest BCUT2D eigenvalue weighted by Crippen LogP contribution is -2.36. The summed E-state index contributed by atoms with van der Waals surface area (Å²) in [6.07, 6.45) is 2.03. The third-order valence-corrected chi connectivity index (χ3v) is 5.29. The summed E-state index contributed by atoms with van der Waals surface area (Å²) in [5, 5.41) is -0.0743. The summed E-state index contributed by atoms with van der Waals surface area (Å²) in [5.74, 6) is 4.81. The normalized spacial score (nSPS) is 14.3. The van der Waals surface area contributed by atoms with Crippen molar-refractivity contribution in [1.29, 1.82) is 0 Å². The van der Waals surface area contributed by atoms with Gasteiger partial charge in [-0.25, -0.2) is 4.39 Å². The van der Waals surface area contributed by atoms with Crippen LogP contribution in [0.3, 0.4) is 0 Å². The number of benzene rings is 3. The van der Waals surface area contributed by atoms with Gasteiger partial charge >= 0.3 is 0 Å². The third-order valence-electron chi connectivity index (χ3n) is 5.00. The molecule has 0 radical (unpaired) electrons. The number of likely N-dealkylation sites (N-methyl/N-ethyl adjacent to an activating group) is 1. The summed E-state index contributed by atoms with van der Waals surface area (Å²) in [6.45, 7) is 0. The number of carbonyl (C=O) groups excluding carboxylic acids is 2. The van der Waals surface area contributed by atoms with E-state index in [0.717, 1.165) is 5.56 Å². The highest BCUT2D eigenvalue weighted by Crippen LogP contribution is 2.31. The second-order valence-corrected chi connectivity index (χ2v) is 7.53. The zero-order chi connectivity index (χ0) is 22.0. The second kappa shape index (κ2) is 8.59. The van der Waals surface area contributed by atoms with Gasteiger partial charge in [-0.1, -0.05) is 59.8 Å². The fourth-order valence-electron chi connectivity index (χ4n) is 3.36. The summed E-state index contributed by atoms with van der Waals surface area (Å²) < 4.78 is 13.4. The topological polar surface area (TPSA) is 37.4 Å². The van der Waals surface area contributed by atoms with Gasteiger partial charge in [0.25, 0.3) is 5.91 Å². The molecule has 4 rings (SSSR count). The van der Waals surface area contributed by atoms with Gasteiger partial charge in [0.05, 0.1) is 16.3 Å². The van der Waals surface area contributed by atoms with Crippen LogP contribution in [0.4, 0.5) is 10.1 Å². The Morgan fingerprint density at radius 3 is 2.55 bits per heavy atom. The zero-order valence-electron chi connectivity index (χ0n) is 16.7. The van der Waals surface area contributed by atoms with E-state index in [1.54, 1.807) is 25.2 Å². The first-order valence-corrected chi connectivity index (χ1v) is 9.98. The molecule has 0 atom stereocenters. The van der Waals surface area contributed by atoms with Crippen molar-refractivity contribution >= 4 is 35.1 Å². The first-order chi connectivity index (χ1) is 14.9. The quantitative estimate of drug-likeness (QED) is 0.314. The predicted octanol–water partition coefficient (Wildman–Crippen LogP) is 5.32. The van der Waals surface area contributed by atoms with Crippen molar-refractivity contribution in [3.63, 3.8) is 0 Å². The van der Waals surface area contributed by atoms with Gasteiger partial charge in [0.1, 0.15) is 5.82 Å². The number of Topliss-reactive ketones (excluding diaryl/α,β-unsaturated/α-hetero) is 1. The molecule has 3 nitrogen and oxygen atoms in total. The highest BCUT2D eigenvalue weighted by molar-refractivity contribution is 6.36. The van der Waals surface area contributed by atoms with Gasteiger partial charge in [-0.05, 0) is 47.5 Å². The molecule has 1 amide bonds. The smallest absolute Gasteiger partial charge is 0.262 e. The molecule has 0 aliphatic carbocycles. The van der Waals surface area contributed by atoms with E-state index in [4.69, 9.17) is 11.6 Å². The Morgan fingerprint density at radius 2 is 1.81 bits per heavy atom. The molecule has 1 aliphatic heterocycles. The van der Waals surface area contributed by atoms with Crippen molar-refractivity contribution in [3.8, 4) is 11.8 Å². The number of hydrogen-bond acceptors (Lipinski definition) is 2. The Labute approximate surface area is 184 Å². The maximum Gasteiger partial charge on any atom is 0.262 e. The number of rotatable bonds is 2. The van der Waals surface area contributed by atoms with Crippen LogP contribution in [0.2, 0.25) is 5.02 Å². The number of amides is 1. The van der Waals surface area contributed by atoms with Crippen molar-refractivity contribution in [3.05, 3.63) is 105 Å². The standard InChI is InChI=1S/C26H17ClFNO2/c1-29-24-13-11-18(9-5-8-17-6-3-2-4-7-17)14-20(24)25(30)21(26(29)31)15-19-10-12-23(28)22(27)16-19/h2-4,6-7,10-16H,8H2,1H3/b21-15-. The maximum atomic E-state index is 13.4. The minimum atomic E-state index is -0.564. The number of ketones is 1. The molecule has 5 heteroatoms. The van der Waals surface area contributed by atoms with Crippen LogP contribution in [0.5, 0.6) is 0 Å². The number of halogens is 2.